The van der Waals surface area contributed by atoms with Crippen molar-refractivity contribution < 1.29 is 23.1 Å². The smallest absolute Gasteiger partial charge is 0.304 e. The van der Waals surface area contributed by atoms with Crippen LogP contribution in [-0.2, 0) is 14.8 Å². The van der Waals surface area contributed by atoms with Gasteiger partial charge in [0.25, 0.3) is 0 Å². The second-order valence-electron chi connectivity index (χ2n) is 5.05. The number of nitrogens with one attached hydrogen (secondary N) is 1. The Balaban J connectivity index is 2.16. The number of aliphatic carboxylic acids is 1. The van der Waals surface area contributed by atoms with E-state index in [-0.39, 0.29) is 22.8 Å². The molecular formula is C13H16N2O5S. The van der Waals surface area contributed by atoms with Crippen LogP contribution in [0.5, 0.6) is 0 Å². The van der Waals surface area contributed by atoms with E-state index in [0.29, 0.717) is 0 Å². The molecule has 2 rings (SSSR count). The van der Waals surface area contributed by atoms with E-state index in [0.717, 1.165) is 12.8 Å². The summed E-state index contributed by atoms with van der Waals surface area (Å²) in [4.78, 5) is 21.7. The van der Waals surface area contributed by atoms with Crippen LogP contribution in [0.2, 0.25) is 0 Å². The van der Waals surface area contributed by atoms with Crippen molar-refractivity contribution in [1.82, 2.24) is 4.72 Å². The lowest BCUT2D eigenvalue weighted by Gasteiger charge is -2.16. The van der Waals surface area contributed by atoms with Crippen molar-refractivity contribution in [3.05, 3.63) is 29.8 Å². The van der Waals surface area contributed by atoms with Gasteiger partial charge >= 0.3 is 5.97 Å². The molecule has 8 heteroatoms. The molecule has 1 aliphatic carbocycles. The summed E-state index contributed by atoms with van der Waals surface area (Å²) in [7, 11) is -3.82. The lowest BCUT2D eigenvalue weighted by atomic mass is 10.1. The Morgan fingerprint density at radius 2 is 1.86 bits per heavy atom. The van der Waals surface area contributed by atoms with E-state index in [2.05, 4.69) is 4.72 Å². The van der Waals surface area contributed by atoms with Gasteiger partial charge in [-0.25, -0.2) is 13.1 Å². The number of carbonyl (C=O) groups is 2. The van der Waals surface area contributed by atoms with Gasteiger partial charge in [0.15, 0.2) is 0 Å². The van der Waals surface area contributed by atoms with Crippen molar-refractivity contribution in [3.8, 4) is 0 Å². The van der Waals surface area contributed by atoms with Crippen LogP contribution in [0.4, 0.5) is 0 Å². The van der Waals surface area contributed by atoms with Crippen LogP contribution in [-0.4, -0.2) is 31.4 Å². The Labute approximate surface area is 122 Å². The molecular weight excluding hydrogens is 296 g/mol. The van der Waals surface area contributed by atoms with Crippen molar-refractivity contribution in [2.24, 2.45) is 11.7 Å². The highest BCUT2D eigenvalue weighted by Crippen LogP contribution is 2.34. The highest BCUT2D eigenvalue weighted by molar-refractivity contribution is 7.89. The van der Waals surface area contributed by atoms with E-state index in [1.165, 1.54) is 24.3 Å². The molecule has 7 nitrogen and oxygen atoms in total. The number of rotatable bonds is 7. The predicted octanol–water partition coefficient (Wildman–Crippen LogP) is 0.317. The highest BCUT2D eigenvalue weighted by atomic mass is 32.2. The van der Waals surface area contributed by atoms with E-state index in [9.17, 15) is 18.0 Å². The Morgan fingerprint density at radius 1 is 1.29 bits per heavy atom. The summed E-state index contributed by atoms with van der Waals surface area (Å²) in [6.07, 6.45) is 1.39. The predicted molar refractivity (Wildman–Crippen MR) is 74.0 cm³/mol. The summed E-state index contributed by atoms with van der Waals surface area (Å²) >= 11 is 0. The first kappa shape index (κ1) is 15.5. The third kappa shape index (κ3) is 4.02. The topological polar surface area (TPSA) is 127 Å². The molecule has 1 amide bonds. The van der Waals surface area contributed by atoms with Gasteiger partial charge in [-0.2, -0.15) is 0 Å². The Kier molecular flexibility index (Phi) is 4.29. The number of carboxylic acids is 1. The van der Waals surface area contributed by atoms with Crippen LogP contribution in [0.3, 0.4) is 0 Å². The molecule has 1 aliphatic rings. The zero-order valence-corrected chi connectivity index (χ0v) is 12.0. The maximum absolute atomic E-state index is 12.2. The Hall–Kier alpha value is -1.93. The number of sulfonamides is 1. The third-order valence-corrected chi connectivity index (χ3v) is 4.85. The minimum atomic E-state index is -3.82. The van der Waals surface area contributed by atoms with Gasteiger partial charge in [0.2, 0.25) is 15.9 Å². The fourth-order valence-electron chi connectivity index (χ4n) is 2.06. The van der Waals surface area contributed by atoms with Crippen molar-refractivity contribution in [2.75, 3.05) is 0 Å². The molecule has 114 valence electrons. The van der Waals surface area contributed by atoms with Crippen molar-refractivity contribution >= 4 is 21.9 Å². The summed E-state index contributed by atoms with van der Waals surface area (Å²) in [5, 5.41) is 8.84. The van der Waals surface area contributed by atoms with Crippen LogP contribution in [0.25, 0.3) is 0 Å². The molecule has 0 saturated heterocycles. The molecule has 0 aliphatic heterocycles. The van der Waals surface area contributed by atoms with Crippen LogP contribution >= 0.6 is 0 Å². The van der Waals surface area contributed by atoms with E-state index in [1.54, 1.807) is 0 Å². The standard InChI is InChI=1S/C13H16N2O5S/c14-13(18)9-3-5-10(6-4-9)21(19,20)15-11(7-12(16)17)8-1-2-8/h3-6,8,11,15H,1-2,7H2,(H2,14,18)(H,16,17). The molecule has 1 saturated carbocycles. The zero-order chi connectivity index (χ0) is 15.6. The molecule has 0 bridgehead atoms. The number of carbonyl (C=O) groups excluding carboxylic acids is 1. The summed E-state index contributed by atoms with van der Waals surface area (Å²) in [5.41, 5.74) is 5.29. The number of carboxylic acid groups (broad SMARTS) is 1. The SMILES string of the molecule is NC(=O)c1ccc(S(=O)(=O)NC(CC(=O)O)C2CC2)cc1. The largest absolute Gasteiger partial charge is 0.481 e. The highest BCUT2D eigenvalue weighted by Gasteiger charge is 2.35. The van der Waals surface area contributed by atoms with E-state index < -0.39 is 27.9 Å². The van der Waals surface area contributed by atoms with Gasteiger partial charge in [-0.15, -0.1) is 0 Å². The number of hydrogen-bond donors (Lipinski definition) is 3. The number of hydrogen-bond acceptors (Lipinski definition) is 4. The second-order valence-corrected chi connectivity index (χ2v) is 6.77. The Bertz CT molecular complexity index is 650. The van der Waals surface area contributed by atoms with E-state index in [1.807, 2.05) is 0 Å². The number of amides is 1. The summed E-state index contributed by atoms with van der Waals surface area (Å²) in [6.45, 7) is 0. The van der Waals surface area contributed by atoms with Crippen molar-refractivity contribution in [3.63, 3.8) is 0 Å². The molecule has 21 heavy (non-hydrogen) atoms. The minimum absolute atomic E-state index is 0.0245. The van der Waals surface area contributed by atoms with E-state index in [4.69, 9.17) is 10.8 Å². The molecule has 0 radical (unpaired) electrons. The lowest BCUT2D eigenvalue weighted by molar-refractivity contribution is -0.137. The minimum Gasteiger partial charge on any atom is -0.481 e. The van der Waals surface area contributed by atoms with Crippen molar-refractivity contribution in [1.29, 1.82) is 0 Å². The normalized spacial score (nSPS) is 16.4. The molecule has 4 N–H and O–H groups in total. The second kappa shape index (κ2) is 5.82. The van der Waals surface area contributed by atoms with Gasteiger partial charge in [0.05, 0.1) is 11.3 Å². The molecule has 1 fully saturated rings. The number of primary amides is 1. The molecule has 1 aromatic rings. The van der Waals surface area contributed by atoms with Gasteiger partial charge in [0, 0.05) is 11.6 Å². The zero-order valence-electron chi connectivity index (χ0n) is 11.2. The molecule has 0 spiro atoms. The molecule has 1 atom stereocenters. The van der Waals surface area contributed by atoms with E-state index >= 15 is 0 Å². The van der Waals surface area contributed by atoms with Crippen LogP contribution in [0, 0.1) is 5.92 Å². The summed E-state index contributed by atoms with van der Waals surface area (Å²) in [6, 6.07) is 4.57. The molecule has 0 heterocycles. The first-order valence-corrected chi connectivity index (χ1v) is 7.92. The van der Waals surface area contributed by atoms with Gasteiger partial charge in [-0.1, -0.05) is 0 Å². The third-order valence-electron chi connectivity index (χ3n) is 3.34. The fraction of sp³-hybridized carbons (Fsp3) is 0.385. The van der Waals surface area contributed by atoms with Crippen LogP contribution in [0.1, 0.15) is 29.6 Å². The molecule has 1 unspecified atom stereocenters. The number of benzene rings is 1. The number of nitrogens with two attached hydrogens (primary N) is 1. The maximum Gasteiger partial charge on any atom is 0.304 e. The van der Waals surface area contributed by atoms with Gasteiger partial charge in [-0.05, 0) is 43.0 Å². The average Bonchev–Trinajstić information content (AvgIpc) is 3.21. The van der Waals surface area contributed by atoms with Crippen LogP contribution < -0.4 is 10.5 Å². The van der Waals surface area contributed by atoms with Gasteiger partial charge in [0.1, 0.15) is 0 Å². The fourth-order valence-corrected chi connectivity index (χ4v) is 3.36. The summed E-state index contributed by atoms with van der Waals surface area (Å²) in [5.74, 6) is -1.62. The van der Waals surface area contributed by atoms with Gasteiger partial charge in [-0.3, -0.25) is 9.59 Å². The first-order valence-electron chi connectivity index (χ1n) is 6.43. The average molecular weight is 312 g/mol. The molecule has 0 aromatic heterocycles. The Morgan fingerprint density at radius 3 is 2.29 bits per heavy atom. The van der Waals surface area contributed by atoms with Crippen LogP contribution in [0.15, 0.2) is 29.2 Å². The van der Waals surface area contributed by atoms with Crippen molar-refractivity contribution in [2.45, 2.75) is 30.2 Å². The maximum atomic E-state index is 12.2. The quantitative estimate of drug-likeness (QED) is 0.668. The monoisotopic (exact) mass is 312 g/mol. The van der Waals surface area contributed by atoms with Gasteiger partial charge < -0.3 is 10.8 Å². The first-order chi connectivity index (χ1) is 9.79. The molecule has 1 aromatic carbocycles. The summed E-state index contributed by atoms with van der Waals surface area (Å²) < 4.78 is 26.9. The lowest BCUT2D eigenvalue weighted by Crippen LogP contribution is -2.38.